The number of hydrogen-bond acceptors (Lipinski definition) is 3. The SMILES string of the molecule is CC(C)(C)C(=O)NCCCC(=O)N1CCN(Cc2ccccc2)CC1. The van der Waals surface area contributed by atoms with Crippen LogP contribution >= 0.6 is 0 Å². The van der Waals surface area contributed by atoms with Gasteiger partial charge >= 0.3 is 0 Å². The van der Waals surface area contributed by atoms with Gasteiger partial charge < -0.3 is 10.2 Å². The Kier molecular flexibility index (Phi) is 7.00. The molecule has 0 spiro atoms. The third-order valence-corrected chi connectivity index (χ3v) is 4.51. The second kappa shape index (κ2) is 8.99. The fourth-order valence-electron chi connectivity index (χ4n) is 2.86. The highest BCUT2D eigenvalue weighted by atomic mass is 16.2. The largest absolute Gasteiger partial charge is 0.356 e. The first-order valence-corrected chi connectivity index (χ1v) is 9.18. The summed E-state index contributed by atoms with van der Waals surface area (Å²) in [5, 5.41) is 2.90. The van der Waals surface area contributed by atoms with Crippen LogP contribution in [0.3, 0.4) is 0 Å². The van der Waals surface area contributed by atoms with Gasteiger partial charge in [0.25, 0.3) is 0 Å². The highest BCUT2D eigenvalue weighted by Crippen LogP contribution is 2.13. The lowest BCUT2D eigenvalue weighted by atomic mass is 9.96. The van der Waals surface area contributed by atoms with Crippen molar-refractivity contribution in [3.8, 4) is 0 Å². The average molecular weight is 345 g/mol. The molecule has 0 radical (unpaired) electrons. The molecule has 0 bridgehead atoms. The molecule has 0 unspecified atom stereocenters. The Morgan fingerprint density at radius 2 is 1.68 bits per heavy atom. The van der Waals surface area contributed by atoms with Gasteiger partial charge in [-0.05, 0) is 12.0 Å². The third-order valence-electron chi connectivity index (χ3n) is 4.51. The molecular weight excluding hydrogens is 314 g/mol. The van der Waals surface area contributed by atoms with Crippen molar-refractivity contribution in [1.82, 2.24) is 15.1 Å². The van der Waals surface area contributed by atoms with E-state index in [9.17, 15) is 9.59 Å². The van der Waals surface area contributed by atoms with Crippen LogP contribution in [0.4, 0.5) is 0 Å². The number of amides is 2. The van der Waals surface area contributed by atoms with E-state index in [2.05, 4.69) is 34.5 Å². The van der Waals surface area contributed by atoms with Crippen molar-refractivity contribution in [2.24, 2.45) is 5.41 Å². The van der Waals surface area contributed by atoms with Crippen LogP contribution < -0.4 is 5.32 Å². The summed E-state index contributed by atoms with van der Waals surface area (Å²) in [5.41, 5.74) is 0.941. The molecule has 1 heterocycles. The summed E-state index contributed by atoms with van der Waals surface area (Å²) in [4.78, 5) is 28.4. The van der Waals surface area contributed by atoms with Crippen molar-refractivity contribution in [2.45, 2.75) is 40.2 Å². The Balaban J connectivity index is 1.63. The zero-order chi connectivity index (χ0) is 18.3. The molecule has 2 amide bonds. The zero-order valence-corrected chi connectivity index (χ0v) is 15.8. The first-order valence-electron chi connectivity index (χ1n) is 9.18. The molecule has 1 aliphatic heterocycles. The van der Waals surface area contributed by atoms with Gasteiger partial charge in [-0.15, -0.1) is 0 Å². The normalized spacial score (nSPS) is 15.9. The van der Waals surface area contributed by atoms with E-state index in [0.29, 0.717) is 19.4 Å². The molecule has 1 aromatic rings. The fourth-order valence-corrected chi connectivity index (χ4v) is 2.86. The molecule has 0 aromatic heterocycles. The maximum atomic E-state index is 12.3. The number of carbonyl (C=O) groups is 2. The minimum atomic E-state index is -0.376. The standard InChI is InChI=1S/C20H31N3O2/c1-20(2,3)19(25)21-11-7-10-18(24)23-14-12-22(13-15-23)16-17-8-5-4-6-9-17/h4-6,8-9H,7,10-16H2,1-3H3,(H,21,25). The highest BCUT2D eigenvalue weighted by Gasteiger charge is 2.22. The van der Waals surface area contributed by atoms with Gasteiger partial charge in [-0.1, -0.05) is 51.1 Å². The van der Waals surface area contributed by atoms with Crippen molar-refractivity contribution < 1.29 is 9.59 Å². The van der Waals surface area contributed by atoms with Gasteiger partial charge in [0.1, 0.15) is 0 Å². The molecule has 1 aromatic carbocycles. The molecule has 1 N–H and O–H groups in total. The first kappa shape index (κ1) is 19.4. The van der Waals surface area contributed by atoms with Crippen LogP contribution in [-0.4, -0.2) is 54.3 Å². The van der Waals surface area contributed by atoms with Gasteiger partial charge in [0.15, 0.2) is 0 Å². The topological polar surface area (TPSA) is 52.7 Å². The van der Waals surface area contributed by atoms with Crippen LogP contribution in [-0.2, 0) is 16.1 Å². The molecule has 138 valence electrons. The predicted molar refractivity (Wildman–Crippen MR) is 100.0 cm³/mol. The van der Waals surface area contributed by atoms with E-state index >= 15 is 0 Å². The van der Waals surface area contributed by atoms with E-state index < -0.39 is 0 Å². The Morgan fingerprint density at radius 3 is 2.28 bits per heavy atom. The van der Waals surface area contributed by atoms with Crippen molar-refractivity contribution in [3.63, 3.8) is 0 Å². The van der Waals surface area contributed by atoms with Gasteiger partial charge in [0.05, 0.1) is 0 Å². The second-order valence-corrected chi connectivity index (χ2v) is 7.75. The van der Waals surface area contributed by atoms with Crippen molar-refractivity contribution in [2.75, 3.05) is 32.7 Å². The second-order valence-electron chi connectivity index (χ2n) is 7.75. The van der Waals surface area contributed by atoms with Gasteiger partial charge in [0, 0.05) is 51.1 Å². The summed E-state index contributed by atoms with van der Waals surface area (Å²) in [5.74, 6) is 0.235. The lowest BCUT2D eigenvalue weighted by molar-refractivity contribution is -0.133. The molecule has 25 heavy (non-hydrogen) atoms. The molecule has 1 saturated heterocycles. The quantitative estimate of drug-likeness (QED) is 0.805. The number of nitrogens with zero attached hydrogens (tertiary/aromatic N) is 2. The Labute approximate surface area is 151 Å². The molecule has 0 aliphatic carbocycles. The van der Waals surface area contributed by atoms with Crippen molar-refractivity contribution in [1.29, 1.82) is 0 Å². The van der Waals surface area contributed by atoms with E-state index in [0.717, 1.165) is 32.7 Å². The molecule has 5 heteroatoms. The Bertz CT molecular complexity index is 558. The van der Waals surface area contributed by atoms with E-state index in [-0.39, 0.29) is 17.2 Å². The molecule has 5 nitrogen and oxygen atoms in total. The molecule has 1 fully saturated rings. The number of piperazine rings is 1. The number of hydrogen-bond donors (Lipinski definition) is 1. The van der Waals surface area contributed by atoms with Gasteiger partial charge in [-0.25, -0.2) is 0 Å². The Hall–Kier alpha value is -1.88. The van der Waals surface area contributed by atoms with Crippen LogP contribution in [0, 0.1) is 5.41 Å². The van der Waals surface area contributed by atoms with Crippen LogP contribution in [0.5, 0.6) is 0 Å². The smallest absolute Gasteiger partial charge is 0.225 e. The minimum Gasteiger partial charge on any atom is -0.356 e. The highest BCUT2D eigenvalue weighted by molar-refractivity contribution is 5.81. The van der Waals surface area contributed by atoms with Crippen molar-refractivity contribution in [3.05, 3.63) is 35.9 Å². The van der Waals surface area contributed by atoms with E-state index in [1.54, 1.807) is 0 Å². The average Bonchev–Trinajstić information content (AvgIpc) is 2.59. The summed E-state index contributed by atoms with van der Waals surface area (Å²) in [7, 11) is 0. The molecule has 1 aliphatic rings. The van der Waals surface area contributed by atoms with E-state index in [4.69, 9.17) is 0 Å². The van der Waals surface area contributed by atoms with E-state index in [1.807, 2.05) is 31.7 Å². The van der Waals surface area contributed by atoms with Crippen LogP contribution in [0.15, 0.2) is 30.3 Å². The number of benzene rings is 1. The summed E-state index contributed by atoms with van der Waals surface area (Å²) in [6.07, 6.45) is 1.20. The summed E-state index contributed by atoms with van der Waals surface area (Å²) < 4.78 is 0. The lowest BCUT2D eigenvalue weighted by Crippen LogP contribution is -2.48. The summed E-state index contributed by atoms with van der Waals surface area (Å²) in [6.45, 7) is 10.6. The van der Waals surface area contributed by atoms with Gasteiger partial charge in [0.2, 0.25) is 11.8 Å². The summed E-state index contributed by atoms with van der Waals surface area (Å²) >= 11 is 0. The monoisotopic (exact) mass is 345 g/mol. The van der Waals surface area contributed by atoms with E-state index in [1.165, 1.54) is 5.56 Å². The third kappa shape index (κ3) is 6.50. The van der Waals surface area contributed by atoms with Crippen LogP contribution in [0.25, 0.3) is 0 Å². The van der Waals surface area contributed by atoms with Crippen molar-refractivity contribution >= 4 is 11.8 Å². The van der Waals surface area contributed by atoms with Crippen LogP contribution in [0.2, 0.25) is 0 Å². The molecule has 0 atom stereocenters. The number of rotatable bonds is 6. The lowest BCUT2D eigenvalue weighted by Gasteiger charge is -2.34. The predicted octanol–water partition coefficient (Wildman–Crippen LogP) is 2.27. The maximum absolute atomic E-state index is 12.3. The summed E-state index contributed by atoms with van der Waals surface area (Å²) in [6, 6.07) is 10.4. The maximum Gasteiger partial charge on any atom is 0.225 e. The minimum absolute atomic E-state index is 0.0366. The molecular formula is C20H31N3O2. The zero-order valence-electron chi connectivity index (χ0n) is 15.8. The molecule has 2 rings (SSSR count). The number of nitrogens with one attached hydrogen (secondary N) is 1. The first-order chi connectivity index (χ1) is 11.9. The molecule has 0 saturated carbocycles. The number of carbonyl (C=O) groups excluding carboxylic acids is 2. The Morgan fingerprint density at radius 1 is 1.04 bits per heavy atom. The van der Waals surface area contributed by atoms with Gasteiger partial charge in [-0.3, -0.25) is 14.5 Å². The fraction of sp³-hybridized carbons (Fsp3) is 0.600. The van der Waals surface area contributed by atoms with Gasteiger partial charge in [-0.2, -0.15) is 0 Å². The van der Waals surface area contributed by atoms with Crippen LogP contribution in [0.1, 0.15) is 39.2 Å².